The normalized spacial score (nSPS) is 20.8. The van der Waals surface area contributed by atoms with Crippen LogP contribution in [0.1, 0.15) is 39.5 Å². The Kier molecular flexibility index (Phi) is 5.18. The number of thioether (sulfide) groups is 1. The summed E-state index contributed by atoms with van der Waals surface area (Å²) in [5.41, 5.74) is 0.622. The fourth-order valence-corrected chi connectivity index (χ4v) is 2.66. The molecule has 0 radical (unpaired) electrons. The van der Waals surface area contributed by atoms with Gasteiger partial charge in [-0.25, -0.2) is 0 Å². The SMILES string of the molecule is CCSCCNCC1(C)CCCC1. The van der Waals surface area contributed by atoms with Crippen LogP contribution in [-0.2, 0) is 0 Å². The molecular formula is C11H23NS. The lowest BCUT2D eigenvalue weighted by molar-refractivity contribution is 0.319. The maximum Gasteiger partial charge on any atom is 0.00580 e. The van der Waals surface area contributed by atoms with E-state index in [0.717, 1.165) is 0 Å². The Labute approximate surface area is 87.1 Å². The Morgan fingerprint density at radius 3 is 2.62 bits per heavy atom. The largest absolute Gasteiger partial charge is 0.315 e. The molecule has 0 aromatic carbocycles. The monoisotopic (exact) mass is 201 g/mol. The molecule has 1 aliphatic carbocycles. The molecule has 1 aliphatic rings. The van der Waals surface area contributed by atoms with Crippen molar-refractivity contribution in [2.75, 3.05) is 24.6 Å². The second kappa shape index (κ2) is 5.92. The summed E-state index contributed by atoms with van der Waals surface area (Å²) in [4.78, 5) is 0. The van der Waals surface area contributed by atoms with Crippen molar-refractivity contribution < 1.29 is 0 Å². The van der Waals surface area contributed by atoms with Crippen LogP contribution in [0.25, 0.3) is 0 Å². The average Bonchev–Trinajstić information content (AvgIpc) is 2.53. The molecule has 1 saturated carbocycles. The van der Waals surface area contributed by atoms with Gasteiger partial charge in [-0.1, -0.05) is 26.7 Å². The first-order chi connectivity index (χ1) is 6.27. The summed E-state index contributed by atoms with van der Waals surface area (Å²) in [5.74, 6) is 2.52. The Morgan fingerprint density at radius 1 is 1.31 bits per heavy atom. The van der Waals surface area contributed by atoms with Crippen LogP contribution in [0.2, 0.25) is 0 Å². The van der Waals surface area contributed by atoms with Gasteiger partial charge in [-0.2, -0.15) is 11.8 Å². The van der Waals surface area contributed by atoms with Crippen LogP contribution in [-0.4, -0.2) is 24.6 Å². The summed E-state index contributed by atoms with van der Waals surface area (Å²) in [6.45, 7) is 7.08. The highest BCUT2D eigenvalue weighted by atomic mass is 32.2. The fourth-order valence-electron chi connectivity index (χ4n) is 2.08. The molecule has 0 unspecified atom stereocenters. The van der Waals surface area contributed by atoms with E-state index in [1.54, 1.807) is 0 Å². The highest BCUT2D eigenvalue weighted by Gasteiger charge is 2.27. The molecule has 0 bridgehead atoms. The predicted molar refractivity (Wildman–Crippen MR) is 62.4 cm³/mol. The van der Waals surface area contributed by atoms with E-state index < -0.39 is 0 Å². The highest BCUT2D eigenvalue weighted by molar-refractivity contribution is 7.99. The summed E-state index contributed by atoms with van der Waals surface area (Å²) in [7, 11) is 0. The van der Waals surface area contributed by atoms with Gasteiger partial charge in [0.2, 0.25) is 0 Å². The molecule has 0 aliphatic heterocycles. The predicted octanol–water partition coefficient (Wildman–Crippen LogP) is 2.91. The van der Waals surface area contributed by atoms with E-state index in [1.165, 1.54) is 50.3 Å². The zero-order valence-corrected chi connectivity index (χ0v) is 9.88. The third-order valence-electron chi connectivity index (χ3n) is 2.99. The molecular weight excluding hydrogens is 178 g/mol. The van der Waals surface area contributed by atoms with Gasteiger partial charge in [-0.15, -0.1) is 0 Å². The minimum Gasteiger partial charge on any atom is -0.315 e. The molecule has 1 fully saturated rings. The third kappa shape index (κ3) is 4.37. The van der Waals surface area contributed by atoms with Gasteiger partial charge in [0, 0.05) is 18.8 Å². The molecule has 0 aromatic rings. The molecule has 78 valence electrons. The first-order valence-electron chi connectivity index (χ1n) is 5.55. The molecule has 0 heterocycles. The molecule has 0 atom stereocenters. The quantitative estimate of drug-likeness (QED) is 0.663. The number of nitrogens with one attached hydrogen (secondary N) is 1. The molecule has 2 heteroatoms. The summed E-state index contributed by atoms with van der Waals surface area (Å²) in [6.07, 6.45) is 5.76. The van der Waals surface area contributed by atoms with Gasteiger partial charge in [0.15, 0.2) is 0 Å². The van der Waals surface area contributed by atoms with Crippen LogP contribution in [0, 0.1) is 5.41 Å². The lowest BCUT2D eigenvalue weighted by Gasteiger charge is -2.23. The minimum absolute atomic E-state index is 0.622. The van der Waals surface area contributed by atoms with Crippen LogP contribution in [0.15, 0.2) is 0 Å². The van der Waals surface area contributed by atoms with Crippen molar-refractivity contribution in [3.8, 4) is 0 Å². The Morgan fingerprint density at radius 2 is 2.00 bits per heavy atom. The number of hydrogen-bond donors (Lipinski definition) is 1. The van der Waals surface area contributed by atoms with Crippen molar-refractivity contribution in [1.82, 2.24) is 5.32 Å². The molecule has 0 aromatic heterocycles. The zero-order chi connectivity index (χ0) is 9.57. The van der Waals surface area contributed by atoms with Crippen LogP contribution < -0.4 is 5.32 Å². The van der Waals surface area contributed by atoms with Gasteiger partial charge in [0.25, 0.3) is 0 Å². The van der Waals surface area contributed by atoms with Gasteiger partial charge in [0.1, 0.15) is 0 Å². The first-order valence-corrected chi connectivity index (χ1v) is 6.71. The lowest BCUT2D eigenvalue weighted by Crippen LogP contribution is -2.30. The van der Waals surface area contributed by atoms with E-state index in [4.69, 9.17) is 0 Å². The standard InChI is InChI=1S/C11H23NS/c1-3-13-9-8-12-10-11(2)6-4-5-7-11/h12H,3-10H2,1-2H3. The molecule has 13 heavy (non-hydrogen) atoms. The smallest absolute Gasteiger partial charge is 0.00580 e. The summed E-state index contributed by atoms with van der Waals surface area (Å²) in [5, 5.41) is 3.58. The molecule has 1 N–H and O–H groups in total. The molecule has 1 rings (SSSR count). The van der Waals surface area contributed by atoms with Crippen LogP contribution in [0.4, 0.5) is 0 Å². The van der Waals surface area contributed by atoms with Crippen LogP contribution in [0.5, 0.6) is 0 Å². The summed E-state index contributed by atoms with van der Waals surface area (Å²) >= 11 is 2.03. The Hall–Kier alpha value is 0.310. The van der Waals surface area contributed by atoms with E-state index in [0.29, 0.717) is 5.41 Å². The summed E-state index contributed by atoms with van der Waals surface area (Å²) < 4.78 is 0. The molecule has 0 spiro atoms. The highest BCUT2D eigenvalue weighted by Crippen LogP contribution is 2.36. The average molecular weight is 201 g/mol. The third-order valence-corrected chi connectivity index (χ3v) is 3.89. The van der Waals surface area contributed by atoms with Crippen LogP contribution in [0.3, 0.4) is 0 Å². The topological polar surface area (TPSA) is 12.0 Å². The van der Waals surface area contributed by atoms with E-state index in [1.807, 2.05) is 11.8 Å². The minimum atomic E-state index is 0.622. The van der Waals surface area contributed by atoms with Crippen molar-refractivity contribution in [2.24, 2.45) is 5.41 Å². The Bertz CT molecular complexity index is 130. The molecule has 0 amide bonds. The second-order valence-electron chi connectivity index (χ2n) is 4.39. The summed E-state index contributed by atoms with van der Waals surface area (Å²) in [6, 6.07) is 0. The fraction of sp³-hybridized carbons (Fsp3) is 1.00. The lowest BCUT2D eigenvalue weighted by atomic mass is 9.89. The van der Waals surface area contributed by atoms with Gasteiger partial charge in [-0.05, 0) is 24.0 Å². The van der Waals surface area contributed by atoms with E-state index in [2.05, 4.69) is 19.2 Å². The maximum atomic E-state index is 3.58. The van der Waals surface area contributed by atoms with Crippen LogP contribution >= 0.6 is 11.8 Å². The Balaban J connectivity index is 1.98. The maximum absolute atomic E-state index is 3.58. The van der Waals surface area contributed by atoms with Gasteiger partial charge in [-0.3, -0.25) is 0 Å². The van der Waals surface area contributed by atoms with Crippen molar-refractivity contribution in [2.45, 2.75) is 39.5 Å². The van der Waals surface area contributed by atoms with Crippen molar-refractivity contribution in [3.63, 3.8) is 0 Å². The number of rotatable bonds is 6. The van der Waals surface area contributed by atoms with Crippen molar-refractivity contribution in [3.05, 3.63) is 0 Å². The first kappa shape index (κ1) is 11.4. The van der Waals surface area contributed by atoms with Gasteiger partial charge < -0.3 is 5.32 Å². The van der Waals surface area contributed by atoms with Crippen molar-refractivity contribution >= 4 is 11.8 Å². The van der Waals surface area contributed by atoms with Crippen molar-refractivity contribution in [1.29, 1.82) is 0 Å². The zero-order valence-electron chi connectivity index (χ0n) is 9.07. The van der Waals surface area contributed by atoms with Gasteiger partial charge in [0.05, 0.1) is 0 Å². The number of hydrogen-bond acceptors (Lipinski definition) is 2. The molecule has 0 saturated heterocycles. The van der Waals surface area contributed by atoms with E-state index in [9.17, 15) is 0 Å². The van der Waals surface area contributed by atoms with Gasteiger partial charge >= 0.3 is 0 Å². The van der Waals surface area contributed by atoms with E-state index in [-0.39, 0.29) is 0 Å². The molecule has 1 nitrogen and oxygen atoms in total. The second-order valence-corrected chi connectivity index (χ2v) is 5.79. The van der Waals surface area contributed by atoms with E-state index >= 15 is 0 Å².